The lowest BCUT2D eigenvalue weighted by atomic mass is 10.1. The Labute approximate surface area is 202 Å². The van der Waals surface area contributed by atoms with Crippen LogP contribution in [-0.4, -0.2) is 40.6 Å². The van der Waals surface area contributed by atoms with Gasteiger partial charge in [0.1, 0.15) is 5.75 Å². The highest BCUT2D eigenvalue weighted by atomic mass is 32.2. The number of carbonyl (C=O) groups excluding carboxylic acids is 1. The average Bonchev–Trinajstić information content (AvgIpc) is 2.87. The fourth-order valence-electron chi connectivity index (χ4n) is 3.69. The molecule has 4 aromatic rings. The van der Waals surface area contributed by atoms with Crippen LogP contribution >= 0.6 is 0 Å². The molecule has 0 radical (unpaired) electrons. The number of sulfone groups is 1. The first kappa shape index (κ1) is 23.8. The number of hydrogen-bond acceptors (Lipinski definition) is 8. The van der Waals surface area contributed by atoms with Crippen LogP contribution < -0.4 is 25.3 Å². The van der Waals surface area contributed by atoms with Crippen LogP contribution in [0, 0.1) is 0 Å². The number of amides is 1. The van der Waals surface area contributed by atoms with Crippen LogP contribution in [0.25, 0.3) is 10.9 Å². The summed E-state index contributed by atoms with van der Waals surface area (Å²) in [7, 11) is 0.416. The molecule has 4 rings (SSSR count). The normalized spacial score (nSPS) is 11.2. The van der Waals surface area contributed by atoms with E-state index < -0.39 is 15.7 Å². The fourth-order valence-corrected chi connectivity index (χ4v) is 5.13. The van der Waals surface area contributed by atoms with Crippen molar-refractivity contribution in [3.05, 3.63) is 72.4 Å². The number of nitrogens with one attached hydrogen (secondary N) is 1. The van der Waals surface area contributed by atoms with Gasteiger partial charge >= 0.3 is 0 Å². The van der Waals surface area contributed by atoms with Crippen LogP contribution in [-0.2, 0) is 9.84 Å². The fraction of sp³-hybridized carbons (Fsp3) is 0.120. The Balaban J connectivity index is 1.91. The molecule has 35 heavy (non-hydrogen) atoms. The van der Waals surface area contributed by atoms with Crippen molar-refractivity contribution in [2.24, 2.45) is 5.73 Å². The topological polar surface area (TPSA) is 130 Å². The summed E-state index contributed by atoms with van der Waals surface area (Å²) in [6, 6.07) is 16.1. The van der Waals surface area contributed by atoms with E-state index in [0.717, 1.165) is 0 Å². The van der Waals surface area contributed by atoms with Crippen LogP contribution in [0.2, 0.25) is 0 Å². The molecule has 0 spiro atoms. The number of anilines is 2. The lowest BCUT2D eigenvalue weighted by molar-refractivity contribution is 0.100. The number of aromatic nitrogens is 1. The number of carbonyl (C=O) groups is 1. The molecule has 9 nitrogen and oxygen atoms in total. The van der Waals surface area contributed by atoms with Crippen molar-refractivity contribution in [2.75, 3.05) is 26.6 Å². The molecule has 0 aliphatic rings. The lowest BCUT2D eigenvalue weighted by Gasteiger charge is -2.16. The average molecular weight is 494 g/mol. The van der Waals surface area contributed by atoms with Gasteiger partial charge < -0.3 is 25.3 Å². The molecule has 0 aliphatic carbocycles. The van der Waals surface area contributed by atoms with E-state index in [-0.39, 0.29) is 26.6 Å². The van der Waals surface area contributed by atoms with Crippen LogP contribution in [0.4, 0.5) is 11.4 Å². The highest BCUT2D eigenvalue weighted by Crippen LogP contribution is 2.37. The Morgan fingerprint density at radius 1 is 0.914 bits per heavy atom. The number of benzene rings is 3. The summed E-state index contributed by atoms with van der Waals surface area (Å²) in [6.45, 7) is 0. The molecular weight excluding hydrogens is 470 g/mol. The molecule has 10 heteroatoms. The number of rotatable bonds is 8. The van der Waals surface area contributed by atoms with Gasteiger partial charge in [0.25, 0.3) is 5.91 Å². The van der Waals surface area contributed by atoms with Gasteiger partial charge in [0.05, 0.1) is 47.9 Å². The number of hydrogen-bond donors (Lipinski definition) is 2. The number of methoxy groups -OCH3 is 3. The van der Waals surface area contributed by atoms with Crippen molar-refractivity contribution in [3.8, 4) is 17.2 Å². The quantitative estimate of drug-likeness (QED) is 0.378. The molecule has 0 aliphatic heterocycles. The summed E-state index contributed by atoms with van der Waals surface area (Å²) in [4.78, 5) is 16.5. The van der Waals surface area contributed by atoms with Crippen LogP contribution in [0.1, 0.15) is 10.4 Å². The molecule has 0 unspecified atom stereocenters. The third-order valence-corrected chi connectivity index (χ3v) is 7.20. The summed E-state index contributed by atoms with van der Waals surface area (Å²) in [5, 5.41) is 3.58. The first-order chi connectivity index (χ1) is 16.8. The van der Waals surface area contributed by atoms with Gasteiger partial charge in [-0.2, -0.15) is 0 Å². The summed E-state index contributed by atoms with van der Waals surface area (Å²) >= 11 is 0. The zero-order chi connectivity index (χ0) is 25.2. The van der Waals surface area contributed by atoms with Crippen LogP contribution in [0.15, 0.2) is 76.7 Å². The molecule has 0 bridgehead atoms. The number of para-hydroxylation sites is 1. The third-order valence-electron chi connectivity index (χ3n) is 5.42. The highest BCUT2D eigenvalue weighted by molar-refractivity contribution is 7.91. The number of pyridine rings is 1. The number of nitrogens with two attached hydrogens (primary N) is 1. The van der Waals surface area contributed by atoms with Gasteiger partial charge in [0.2, 0.25) is 9.84 Å². The van der Waals surface area contributed by atoms with Gasteiger partial charge in [-0.3, -0.25) is 9.78 Å². The summed E-state index contributed by atoms with van der Waals surface area (Å²) in [5.74, 6) is 0.570. The Hall–Kier alpha value is -4.31. The van der Waals surface area contributed by atoms with E-state index in [9.17, 15) is 13.2 Å². The number of nitrogens with zero attached hydrogens (tertiary/aromatic N) is 1. The molecule has 3 N–H and O–H groups in total. The molecule has 0 atom stereocenters. The first-order valence-electron chi connectivity index (χ1n) is 10.4. The highest BCUT2D eigenvalue weighted by Gasteiger charge is 2.25. The molecule has 1 heterocycles. The smallest absolute Gasteiger partial charge is 0.252 e. The van der Waals surface area contributed by atoms with Gasteiger partial charge in [0, 0.05) is 29.4 Å². The minimum absolute atomic E-state index is 0.00531. The minimum atomic E-state index is -4.02. The standard InChI is InChI=1S/C25H23N3O6S/c1-32-16-7-4-6-15(12-16)28-23-18-8-5-9-22(24(18)27-14-19(23)25(26)29)35(30,31)17-10-11-20(33-2)21(13-17)34-3/h4-14H,1-3H3,(H2,26,29)(H,27,28). The third kappa shape index (κ3) is 4.43. The zero-order valence-corrected chi connectivity index (χ0v) is 20.0. The second-order valence-corrected chi connectivity index (χ2v) is 9.36. The molecule has 1 amide bonds. The predicted molar refractivity (Wildman–Crippen MR) is 132 cm³/mol. The number of ether oxygens (including phenoxy) is 3. The van der Waals surface area contributed by atoms with E-state index in [1.807, 2.05) is 0 Å². The Morgan fingerprint density at radius 3 is 2.34 bits per heavy atom. The maximum Gasteiger partial charge on any atom is 0.252 e. The van der Waals surface area contributed by atoms with E-state index in [1.165, 1.54) is 44.7 Å². The van der Waals surface area contributed by atoms with Crippen LogP contribution in [0.3, 0.4) is 0 Å². The largest absolute Gasteiger partial charge is 0.497 e. The Morgan fingerprint density at radius 2 is 1.66 bits per heavy atom. The molecule has 180 valence electrons. The van der Waals surface area contributed by atoms with E-state index in [2.05, 4.69) is 10.3 Å². The monoisotopic (exact) mass is 493 g/mol. The maximum absolute atomic E-state index is 13.6. The maximum atomic E-state index is 13.6. The molecule has 3 aromatic carbocycles. The first-order valence-corrected chi connectivity index (χ1v) is 11.9. The van der Waals surface area contributed by atoms with Crippen LogP contribution in [0.5, 0.6) is 17.2 Å². The molecular formula is C25H23N3O6S. The molecule has 0 saturated heterocycles. The van der Waals surface area contributed by atoms with Gasteiger partial charge in [-0.25, -0.2) is 8.42 Å². The summed E-state index contributed by atoms with van der Waals surface area (Å²) in [6.07, 6.45) is 1.26. The molecule has 0 saturated carbocycles. The predicted octanol–water partition coefficient (Wildman–Crippen LogP) is 3.94. The Kier molecular flexibility index (Phi) is 6.48. The zero-order valence-electron chi connectivity index (χ0n) is 19.2. The van der Waals surface area contributed by atoms with Crippen molar-refractivity contribution in [1.82, 2.24) is 4.98 Å². The van der Waals surface area contributed by atoms with Crippen molar-refractivity contribution < 1.29 is 27.4 Å². The van der Waals surface area contributed by atoms with E-state index in [0.29, 0.717) is 28.3 Å². The van der Waals surface area contributed by atoms with E-state index >= 15 is 0 Å². The second kappa shape index (κ2) is 9.51. The van der Waals surface area contributed by atoms with Gasteiger partial charge in [-0.1, -0.05) is 18.2 Å². The van der Waals surface area contributed by atoms with Gasteiger partial charge in [-0.15, -0.1) is 0 Å². The number of fused-ring (bicyclic) bond motifs is 1. The van der Waals surface area contributed by atoms with Gasteiger partial charge in [-0.05, 0) is 30.3 Å². The van der Waals surface area contributed by atoms with E-state index in [1.54, 1.807) is 43.5 Å². The van der Waals surface area contributed by atoms with E-state index in [4.69, 9.17) is 19.9 Å². The number of primary amides is 1. The molecule has 0 fully saturated rings. The lowest BCUT2D eigenvalue weighted by Crippen LogP contribution is -2.15. The SMILES string of the molecule is COc1cccc(Nc2c(C(N)=O)cnc3c(S(=O)(=O)c4ccc(OC)c(OC)c4)cccc23)c1. The second-order valence-electron chi connectivity index (χ2n) is 7.44. The summed E-state index contributed by atoms with van der Waals surface area (Å²) < 4.78 is 43.0. The van der Waals surface area contributed by atoms with Crippen molar-refractivity contribution in [1.29, 1.82) is 0 Å². The van der Waals surface area contributed by atoms with Crippen molar-refractivity contribution in [3.63, 3.8) is 0 Å². The van der Waals surface area contributed by atoms with Gasteiger partial charge in [0.15, 0.2) is 11.5 Å². The minimum Gasteiger partial charge on any atom is -0.497 e. The van der Waals surface area contributed by atoms with Crippen molar-refractivity contribution in [2.45, 2.75) is 9.79 Å². The molecule has 1 aromatic heterocycles. The summed E-state index contributed by atoms with van der Waals surface area (Å²) in [5.41, 5.74) is 6.84. The Bertz CT molecular complexity index is 1540. The van der Waals surface area contributed by atoms with Crippen molar-refractivity contribution >= 4 is 38.0 Å².